The Labute approximate surface area is 138 Å². The van der Waals surface area contributed by atoms with Gasteiger partial charge in [-0.1, -0.05) is 25.5 Å². The number of hydrogen-bond donors (Lipinski definition) is 1. The van der Waals surface area contributed by atoms with Crippen LogP contribution in [0.1, 0.15) is 65.2 Å². The molecule has 3 nitrogen and oxygen atoms in total. The molecule has 0 aromatic carbocycles. The number of rotatable bonds is 1. The first-order valence-electron chi connectivity index (χ1n) is 9.30. The van der Waals surface area contributed by atoms with E-state index < -0.39 is 5.97 Å². The molecule has 0 spiro atoms. The SMILES string of the molecule is C[C@]12CC[C@H]3[C@@H](CC=C4CC(=O)CC[C@@]43C)[C@@H]1CC[C@@H]2C(=O)O. The van der Waals surface area contributed by atoms with Crippen LogP contribution in [0.4, 0.5) is 0 Å². The fourth-order valence-electron chi connectivity index (χ4n) is 6.88. The van der Waals surface area contributed by atoms with E-state index >= 15 is 0 Å². The van der Waals surface area contributed by atoms with Crippen LogP contribution < -0.4 is 0 Å². The molecule has 0 amide bonds. The van der Waals surface area contributed by atoms with Gasteiger partial charge in [-0.15, -0.1) is 0 Å². The normalized spacial score (nSPS) is 49.0. The van der Waals surface area contributed by atoms with Gasteiger partial charge in [0.2, 0.25) is 0 Å². The summed E-state index contributed by atoms with van der Waals surface area (Å²) in [6.45, 7) is 4.63. The highest BCUT2D eigenvalue weighted by Crippen LogP contribution is 2.65. The van der Waals surface area contributed by atoms with E-state index in [0.717, 1.165) is 44.9 Å². The molecule has 4 aliphatic rings. The van der Waals surface area contributed by atoms with Gasteiger partial charge in [0.25, 0.3) is 0 Å². The van der Waals surface area contributed by atoms with Crippen LogP contribution in [0, 0.1) is 34.5 Å². The van der Waals surface area contributed by atoms with E-state index in [2.05, 4.69) is 19.9 Å². The number of ketones is 1. The van der Waals surface area contributed by atoms with Gasteiger partial charge in [-0.3, -0.25) is 9.59 Å². The smallest absolute Gasteiger partial charge is 0.307 e. The highest BCUT2D eigenvalue weighted by Gasteiger charge is 2.59. The first-order chi connectivity index (χ1) is 10.9. The van der Waals surface area contributed by atoms with Crippen LogP contribution in [-0.4, -0.2) is 16.9 Å². The third-order valence-electron chi connectivity index (χ3n) is 8.23. The summed E-state index contributed by atoms with van der Waals surface area (Å²) in [5, 5.41) is 9.63. The second-order valence-electron chi connectivity index (χ2n) is 8.99. The molecule has 6 atom stereocenters. The maximum absolute atomic E-state index is 11.9. The first-order valence-corrected chi connectivity index (χ1v) is 9.30. The third kappa shape index (κ3) is 2.01. The van der Waals surface area contributed by atoms with Crippen molar-refractivity contribution in [2.75, 3.05) is 0 Å². The molecule has 0 radical (unpaired) electrons. The molecule has 3 heteroatoms. The van der Waals surface area contributed by atoms with Crippen molar-refractivity contribution in [3.63, 3.8) is 0 Å². The predicted molar refractivity (Wildman–Crippen MR) is 87.8 cm³/mol. The van der Waals surface area contributed by atoms with Crippen molar-refractivity contribution in [2.45, 2.75) is 65.2 Å². The third-order valence-corrected chi connectivity index (χ3v) is 8.23. The lowest BCUT2D eigenvalue weighted by Gasteiger charge is -2.57. The minimum absolute atomic E-state index is 0.0147. The number of carbonyl (C=O) groups excluding carboxylic acids is 1. The second-order valence-corrected chi connectivity index (χ2v) is 8.99. The summed E-state index contributed by atoms with van der Waals surface area (Å²) in [7, 11) is 0. The van der Waals surface area contributed by atoms with Crippen LogP contribution >= 0.6 is 0 Å². The molecule has 0 saturated heterocycles. The molecular formula is C20H28O3. The van der Waals surface area contributed by atoms with Crippen molar-refractivity contribution in [3.05, 3.63) is 11.6 Å². The van der Waals surface area contributed by atoms with Gasteiger partial charge >= 0.3 is 5.97 Å². The monoisotopic (exact) mass is 316 g/mol. The highest BCUT2D eigenvalue weighted by molar-refractivity contribution is 5.82. The Kier molecular flexibility index (Phi) is 3.31. The molecule has 126 valence electrons. The van der Waals surface area contributed by atoms with E-state index in [1.807, 2.05) is 0 Å². The second kappa shape index (κ2) is 4.94. The Morgan fingerprint density at radius 1 is 1.17 bits per heavy atom. The number of carboxylic acid groups (broad SMARTS) is 1. The molecule has 4 aliphatic carbocycles. The van der Waals surface area contributed by atoms with Crippen molar-refractivity contribution in [1.82, 2.24) is 0 Å². The van der Waals surface area contributed by atoms with E-state index in [1.165, 1.54) is 5.57 Å². The van der Waals surface area contributed by atoms with Crippen molar-refractivity contribution in [3.8, 4) is 0 Å². The molecular weight excluding hydrogens is 288 g/mol. The van der Waals surface area contributed by atoms with Gasteiger partial charge in [-0.05, 0) is 67.1 Å². The molecule has 0 aliphatic heterocycles. The van der Waals surface area contributed by atoms with Crippen molar-refractivity contribution < 1.29 is 14.7 Å². The zero-order chi connectivity index (χ0) is 16.4. The van der Waals surface area contributed by atoms with Gasteiger partial charge in [0.15, 0.2) is 0 Å². The summed E-state index contributed by atoms with van der Waals surface area (Å²) in [5.74, 6) is 1.49. The Morgan fingerprint density at radius 2 is 1.96 bits per heavy atom. The van der Waals surface area contributed by atoms with Crippen LogP contribution in [0.25, 0.3) is 0 Å². The molecule has 0 unspecified atom stereocenters. The zero-order valence-electron chi connectivity index (χ0n) is 14.3. The minimum atomic E-state index is -0.588. The van der Waals surface area contributed by atoms with Gasteiger partial charge in [0, 0.05) is 12.8 Å². The number of carbonyl (C=O) groups is 2. The van der Waals surface area contributed by atoms with Crippen LogP contribution in [-0.2, 0) is 9.59 Å². The van der Waals surface area contributed by atoms with Gasteiger partial charge in [-0.25, -0.2) is 0 Å². The summed E-state index contributed by atoms with van der Waals surface area (Å²) in [4.78, 5) is 23.6. The first kappa shape index (κ1) is 15.4. The fourth-order valence-corrected chi connectivity index (χ4v) is 6.88. The summed E-state index contributed by atoms with van der Waals surface area (Å²) in [5.41, 5.74) is 1.57. The van der Waals surface area contributed by atoms with E-state index in [0.29, 0.717) is 30.0 Å². The van der Waals surface area contributed by atoms with Gasteiger partial charge < -0.3 is 5.11 Å². The molecule has 1 N–H and O–H groups in total. The topological polar surface area (TPSA) is 54.4 Å². The lowest BCUT2D eigenvalue weighted by Crippen LogP contribution is -2.50. The molecule has 3 saturated carbocycles. The van der Waals surface area contributed by atoms with E-state index in [-0.39, 0.29) is 16.7 Å². The average Bonchev–Trinajstić information content (AvgIpc) is 2.85. The van der Waals surface area contributed by atoms with E-state index in [4.69, 9.17) is 0 Å². The lowest BCUT2D eigenvalue weighted by atomic mass is 9.47. The van der Waals surface area contributed by atoms with Gasteiger partial charge in [0.05, 0.1) is 5.92 Å². The van der Waals surface area contributed by atoms with E-state index in [1.54, 1.807) is 0 Å². The molecule has 4 rings (SSSR count). The highest BCUT2D eigenvalue weighted by atomic mass is 16.4. The lowest BCUT2D eigenvalue weighted by molar-refractivity contribution is -0.149. The molecule has 0 heterocycles. The maximum Gasteiger partial charge on any atom is 0.307 e. The summed E-state index contributed by atoms with van der Waals surface area (Å²) in [6, 6.07) is 0. The Hall–Kier alpha value is -1.12. The quantitative estimate of drug-likeness (QED) is 0.737. The largest absolute Gasteiger partial charge is 0.481 e. The minimum Gasteiger partial charge on any atom is -0.481 e. The van der Waals surface area contributed by atoms with Crippen LogP contribution in [0.2, 0.25) is 0 Å². The molecule has 0 aromatic heterocycles. The molecule has 0 bridgehead atoms. The summed E-state index contributed by atoms with van der Waals surface area (Å²) < 4.78 is 0. The van der Waals surface area contributed by atoms with Crippen molar-refractivity contribution in [2.24, 2.45) is 34.5 Å². The summed E-state index contributed by atoms with van der Waals surface area (Å²) in [6.07, 6.45) is 9.95. The number of fused-ring (bicyclic) bond motifs is 5. The Bertz CT molecular complexity index is 592. The van der Waals surface area contributed by atoms with Crippen molar-refractivity contribution >= 4 is 11.8 Å². The summed E-state index contributed by atoms with van der Waals surface area (Å²) >= 11 is 0. The number of Topliss-reactive ketones (excluding diaryl/α,β-unsaturated/α-hetero) is 1. The van der Waals surface area contributed by atoms with Crippen LogP contribution in [0.5, 0.6) is 0 Å². The molecule has 0 aromatic rings. The molecule has 3 fully saturated rings. The predicted octanol–water partition coefficient (Wildman–Crippen LogP) is 4.22. The fraction of sp³-hybridized carbons (Fsp3) is 0.800. The van der Waals surface area contributed by atoms with Gasteiger partial charge in [-0.2, -0.15) is 0 Å². The standard InChI is InChI=1S/C20H28O3/c1-19-9-7-13(21)11-12(19)3-4-14-15-5-6-17(18(22)23)20(15,2)10-8-16(14)19/h3,14-17H,4-11H2,1-2H3,(H,22,23)/t14-,15-,16-,17+,19-,20-/m0/s1. The van der Waals surface area contributed by atoms with Crippen LogP contribution in [0.3, 0.4) is 0 Å². The zero-order valence-corrected chi connectivity index (χ0v) is 14.3. The average molecular weight is 316 g/mol. The van der Waals surface area contributed by atoms with E-state index in [9.17, 15) is 14.7 Å². The molecule has 23 heavy (non-hydrogen) atoms. The van der Waals surface area contributed by atoms with Gasteiger partial charge in [0.1, 0.15) is 5.78 Å². The number of hydrogen-bond acceptors (Lipinski definition) is 2. The number of aliphatic carboxylic acids is 1. The number of allylic oxidation sites excluding steroid dienone is 2. The maximum atomic E-state index is 11.9. The van der Waals surface area contributed by atoms with Crippen molar-refractivity contribution in [1.29, 1.82) is 0 Å². The number of carboxylic acids is 1. The Morgan fingerprint density at radius 3 is 2.70 bits per heavy atom. The Balaban J connectivity index is 1.67. The van der Waals surface area contributed by atoms with Crippen LogP contribution in [0.15, 0.2) is 11.6 Å².